The van der Waals surface area contributed by atoms with E-state index in [1.165, 1.54) is 0 Å². The number of pyridine rings is 1. The number of hydrogen-bond acceptors (Lipinski definition) is 4. The summed E-state index contributed by atoms with van der Waals surface area (Å²) in [5.74, 6) is 2.05. The molecule has 0 spiro atoms. The molecule has 0 bridgehead atoms. The molecule has 148 valence electrons. The van der Waals surface area contributed by atoms with Crippen LogP contribution < -0.4 is 20.1 Å². The van der Waals surface area contributed by atoms with Crippen molar-refractivity contribution in [3.05, 3.63) is 60.3 Å². The molecular formula is C21H25IN4O2. The van der Waals surface area contributed by atoms with Crippen LogP contribution in [-0.4, -0.2) is 31.7 Å². The fourth-order valence-electron chi connectivity index (χ4n) is 2.81. The number of guanidine groups is 1. The Morgan fingerprint density at radius 3 is 2.57 bits per heavy atom. The van der Waals surface area contributed by atoms with Crippen LogP contribution in [0.25, 0.3) is 10.9 Å². The van der Waals surface area contributed by atoms with E-state index in [-0.39, 0.29) is 24.0 Å². The largest absolute Gasteiger partial charge is 0.493 e. The molecule has 1 aromatic heterocycles. The summed E-state index contributed by atoms with van der Waals surface area (Å²) in [5.41, 5.74) is 2.97. The third kappa shape index (κ3) is 5.25. The summed E-state index contributed by atoms with van der Waals surface area (Å²) in [6.07, 6.45) is 1.82. The van der Waals surface area contributed by atoms with Crippen LogP contribution in [-0.2, 0) is 6.54 Å². The van der Waals surface area contributed by atoms with Gasteiger partial charge in [0, 0.05) is 29.9 Å². The van der Waals surface area contributed by atoms with Gasteiger partial charge in [-0.1, -0.05) is 18.2 Å². The Bertz CT molecular complexity index is 941. The smallest absolute Gasteiger partial charge is 0.196 e. The summed E-state index contributed by atoms with van der Waals surface area (Å²) in [4.78, 5) is 9.12. The zero-order valence-corrected chi connectivity index (χ0v) is 18.6. The highest BCUT2D eigenvalue weighted by atomic mass is 127. The maximum Gasteiger partial charge on any atom is 0.196 e. The number of methoxy groups -OCH3 is 2. The van der Waals surface area contributed by atoms with Gasteiger partial charge in [-0.05, 0) is 36.8 Å². The summed E-state index contributed by atoms with van der Waals surface area (Å²) in [6.45, 7) is 3.34. The predicted octanol–water partition coefficient (Wildman–Crippen LogP) is 4.45. The number of benzene rings is 2. The van der Waals surface area contributed by atoms with Crippen LogP contribution in [0.5, 0.6) is 11.5 Å². The molecule has 2 N–H and O–H groups in total. The Balaban J connectivity index is 0.00000280. The first-order valence-electron chi connectivity index (χ1n) is 8.85. The zero-order chi connectivity index (χ0) is 19.1. The molecule has 28 heavy (non-hydrogen) atoms. The number of rotatable bonds is 6. The van der Waals surface area contributed by atoms with Gasteiger partial charge in [0.05, 0.1) is 26.3 Å². The van der Waals surface area contributed by atoms with Gasteiger partial charge in [0.15, 0.2) is 17.5 Å². The van der Waals surface area contributed by atoms with E-state index in [0.717, 1.165) is 28.7 Å². The van der Waals surface area contributed by atoms with Crippen molar-refractivity contribution in [3.8, 4) is 11.5 Å². The monoisotopic (exact) mass is 492 g/mol. The van der Waals surface area contributed by atoms with E-state index < -0.39 is 0 Å². The number of halogens is 1. The maximum atomic E-state index is 5.36. The normalized spacial score (nSPS) is 10.9. The molecule has 0 saturated heterocycles. The molecule has 0 unspecified atom stereocenters. The lowest BCUT2D eigenvalue weighted by Gasteiger charge is -2.14. The minimum atomic E-state index is 0. The van der Waals surface area contributed by atoms with Crippen molar-refractivity contribution < 1.29 is 9.47 Å². The molecule has 0 saturated carbocycles. The van der Waals surface area contributed by atoms with Crippen LogP contribution in [0.15, 0.2) is 59.7 Å². The first-order valence-corrected chi connectivity index (χ1v) is 8.85. The summed E-state index contributed by atoms with van der Waals surface area (Å²) in [7, 11) is 3.24. The minimum absolute atomic E-state index is 0. The highest BCUT2D eigenvalue weighted by Gasteiger charge is 2.07. The van der Waals surface area contributed by atoms with Crippen molar-refractivity contribution in [3.63, 3.8) is 0 Å². The molecule has 7 heteroatoms. The summed E-state index contributed by atoms with van der Waals surface area (Å²) < 4.78 is 10.6. The third-order valence-corrected chi connectivity index (χ3v) is 4.14. The molecule has 6 nitrogen and oxygen atoms in total. The van der Waals surface area contributed by atoms with Gasteiger partial charge in [-0.2, -0.15) is 0 Å². The lowest BCUT2D eigenvalue weighted by atomic mass is 10.1. The van der Waals surface area contributed by atoms with Gasteiger partial charge >= 0.3 is 0 Å². The van der Waals surface area contributed by atoms with E-state index in [4.69, 9.17) is 14.5 Å². The summed E-state index contributed by atoms with van der Waals surface area (Å²) in [5, 5.41) is 7.70. The van der Waals surface area contributed by atoms with Gasteiger partial charge in [0.2, 0.25) is 0 Å². The molecule has 0 aliphatic heterocycles. The number of ether oxygens (including phenoxy) is 2. The molecule has 0 aliphatic carbocycles. The standard InChI is InChI=1S/C21H24N4O2.HI/c1-4-22-21(25-16-9-10-19(26-2)20(13-16)27-3)24-14-15-11-12-23-18-8-6-5-7-17(15)18;/h5-13H,4,14H2,1-3H3,(H2,22,24,25);1H. The van der Waals surface area contributed by atoms with E-state index in [9.17, 15) is 0 Å². The molecule has 0 atom stereocenters. The van der Waals surface area contributed by atoms with Crippen molar-refractivity contribution in [1.82, 2.24) is 10.3 Å². The minimum Gasteiger partial charge on any atom is -0.493 e. The van der Waals surface area contributed by atoms with Gasteiger partial charge in [0.1, 0.15) is 0 Å². The first-order chi connectivity index (χ1) is 13.2. The van der Waals surface area contributed by atoms with Crippen molar-refractivity contribution in [1.29, 1.82) is 0 Å². The Hall–Kier alpha value is -2.55. The predicted molar refractivity (Wildman–Crippen MR) is 125 cm³/mol. The Kier molecular flexibility index (Phi) is 8.31. The van der Waals surface area contributed by atoms with Crippen molar-refractivity contribution in [2.75, 3.05) is 26.1 Å². The maximum absolute atomic E-state index is 5.36. The average molecular weight is 492 g/mol. The number of nitrogens with zero attached hydrogens (tertiary/aromatic N) is 2. The molecule has 3 rings (SSSR count). The Labute approximate surface area is 182 Å². The van der Waals surface area contributed by atoms with Gasteiger partial charge in [-0.3, -0.25) is 4.98 Å². The summed E-state index contributed by atoms with van der Waals surface area (Å²) in [6, 6.07) is 15.8. The Morgan fingerprint density at radius 2 is 1.82 bits per heavy atom. The van der Waals surface area contributed by atoms with Crippen LogP contribution in [0.3, 0.4) is 0 Å². The second-order valence-electron chi connectivity index (χ2n) is 5.88. The molecule has 0 aliphatic rings. The summed E-state index contributed by atoms with van der Waals surface area (Å²) >= 11 is 0. The van der Waals surface area contributed by atoms with Crippen LogP contribution in [0.2, 0.25) is 0 Å². The van der Waals surface area contributed by atoms with Crippen LogP contribution in [0, 0.1) is 0 Å². The fraction of sp³-hybridized carbons (Fsp3) is 0.238. The lowest BCUT2D eigenvalue weighted by Crippen LogP contribution is -2.30. The molecular weight excluding hydrogens is 467 g/mol. The van der Waals surface area contributed by atoms with Crippen LogP contribution in [0.1, 0.15) is 12.5 Å². The van der Waals surface area contributed by atoms with Crippen LogP contribution in [0.4, 0.5) is 5.69 Å². The highest BCUT2D eigenvalue weighted by Crippen LogP contribution is 2.29. The highest BCUT2D eigenvalue weighted by molar-refractivity contribution is 14.0. The van der Waals surface area contributed by atoms with E-state index in [1.54, 1.807) is 14.2 Å². The number of hydrogen-bond donors (Lipinski definition) is 2. The Morgan fingerprint density at radius 1 is 1.04 bits per heavy atom. The van der Waals surface area contributed by atoms with E-state index in [0.29, 0.717) is 24.0 Å². The third-order valence-electron chi connectivity index (χ3n) is 4.14. The van der Waals surface area contributed by atoms with E-state index in [1.807, 2.05) is 55.6 Å². The quantitative estimate of drug-likeness (QED) is 0.303. The molecule has 0 fully saturated rings. The average Bonchev–Trinajstić information content (AvgIpc) is 2.72. The van der Waals surface area contributed by atoms with Crippen molar-refractivity contribution in [2.24, 2.45) is 4.99 Å². The van der Waals surface area contributed by atoms with Crippen molar-refractivity contribution in [2.45, 2.75) is 13.5 Å². The molecule has 3 aromatic rings. The number of fused-ring (bicyclic) bond motifs is 1. The molecule has 2 aromatic carbocycles. The van der Waals surface area contributed by atoms with Gasteiger partial charge in [0.25, 0.3) is 0 Å². The second kappa shape index (κ2) is 10.7. The van der Waals surface area contributed by atoms with Gasteiger partial charge in [-0.25, -0.2) is 4.99 Å². The van der Waals surface area contributed by atoms with Crippen LogP contribution >= 0.6 is 24.0 Å². The molecule has 0 amide bonds. The van der Waals surface area contributed by atoms with Gasteiger partial charge < -0.3 is 20.1 Å². The van der Waals surface area contributed by atoms with E-state index in [2.05, 4.69) is 21.7 Å². The first kappa shape index (κ1) is 21.7. The topological polar surface area (TPSA) is 67.8 Å². The SMILES string of the molecule is CCNC(=NCc1ccnc2ccccc12)Nc1ccc(OC)c(OC)c1.I. The number of aliphatic imine (C=N–C) groups is 1. The number of anilines is 1. The lowest BCUT2D eigenvalue weighted by molar-refractivity contribution is 0.355. The number of nitrogens with one attached hydrogen (secondary N) is 2. The van der Waals surface area contributed by atoms with Gasteiger partial charge in [-0.15, -0.1) is 24.0 Å². The molecule has 0 radical (unpaired) electrons. The zero-order valence-electron chi connectivity index (χ0n) is 16.2. The number of para-hydroxylation sites is 1. The van der Waals surface area contributed by atoms with E-state index >= 15 is 0 Å². The molecule has 1 heterocycles. The second-order valence-corrected chi connectivity index (χ2v) is 5.88. The number of aromatic nitrogens is 1. The van der Waals surface area contributed by atoms with Crippen molar-refractivity contribution >= 4 is 46.5 Å². The fourth-order valence-corrected chi connectivity index (χ4v) is 2.81.